The van der Waals surface area contributed by atoms with Crippen LogP contribution in [-0.2, 0) is 14.8 Å². The number of rotatable bonds is 4. The fourth-order valence-corrected chi connectivity index (χ4v) is 4.00. The maximum atomic E-state index is 13.0. The lowest BCUT2D eigenvalue weighted by atomic mass is 10.2. The van der Waals surface area contributed by atoms with E-state index in [4.69, 9.17) is 0 Å². The SMILES string of the molecule is Cc1ccc(S(=O)(=O)n2c(/C=C/C=O)cc3ccccc32)cc1. The van der Waals surface area contributed by atoms with E-state index in [0.29, 0.717) is 17.5 Å². The monoisotopic (exact) mass is 325 g/mol. The number of allylic oxidation sites excluding steroid dienone is 1. The zero-order valence-corrected chi connectivity index (χ0v) is 13.3. The first-order valence-corrected chi connectivity index (χ1v) is 8.52. The van der Waals surface area contributed by atoms with Crippen LogP contribution in [0.5, 0.6) is 0 Å². The molecule has 3 rings (SSSR count). The molecule has 116 valence electrons. The average Bonchev–Trinajstić information content (AvgIpc) is 2.92. The number of carbonyl (C=O) groups excluding carboxylic acids is 1. The van der Waals surface area contributed by atoms with E-state index < -0.39 is 10.0 Å². The molecule has 4 nitrogen and oxygen atoms in total. The number of fused-ring (bicyclic) bond motifs is 1. The average molecular weight is 325 g/mol. The minimum absolute atomic E-state index is 0.213. The Morgan fingerprint density at radius 1 is 1.00 bits per heavy atom. The van der Waals surface area contributed by atoms with Gasteiger partial charge in [-0.2, -0.15) is 0 Å². The second kappa shape index (κ2) is 5.85. The van der Waals surface area contributed by atoms with Gasteiger partial charge in [-0.25, -0.2) is 12.4 Å². The summed E-state index contributed by atoms with van der Waals surface area (Å²) >= 11 is 0. The van der Waals surface area contributed by atoms with Gasteiger partial charge < -0.3 is 0 Å². The fourth-order valence-electron chi connectivity index (χ4n) is 2.49. The third-order valence-electron chi connectivity index (χ3n) is 3.60. The third-order valence-corrected chi connectivity index (χ3v) is 5.35. The number of carbonyl (C=O) groups is 1. The lowest BCUT2D eigenvalue weighted by Crippen LogP contribution is -2.14. The Morgan fingerprint density at radius 2 is 1.70 bits per heavy atom. The van der Waals surface area contributed by atoms with Crippen molar-refractivity contribution in [1.29, 1.82) is 0 Å². The minimum Gasteiger partial charge on any atom is -0.299 e. The Kier molecular flexibility index (Phi) is 3.88. The summed E-state index contributed by atoms with van der Waals surface area (Å²) in [4.78, 5) is 10.8. The van der Waals surface area contributed by atoms with Gasteiger partial charge in [0.15, 0.2) is 0 Å². The van der Waals surface area contributed by atoms with Gasteiger partial charge in [0.05, 0.1) is 16.1 Å². The summed E-state index contributed by atoms with van der Waals surface area (Å²) in [7, 11) is -3.75. The van der Waals surface area contributed by atoms with Gasteiger partial charge in [-0.15, -0.1) is 0 Å². The lowest BCUT2D eigenvalue weighted by Gasteiger charge is -2.10. The zero-order chi connectivity index (χ0) is 16.4. The molecule has 0 saturated heterocycles. The second-order valence-electron chi connectivity index (χ2n) is 5.21. The van der Waals surface area contributed by atoms with E-state index in [-0.39, 0.29) is 4.90 Å². The topological polar surface area (TPSA) is 56.1 Å². The van der Waals surface area contributed by atoms with Crippen LogP contribution < -0.4 is 0 Å². The summed E-state index contributed by atoms with van der Waals surface area (Å²) in [5.41, 5.74) is 2.01. The number of para-hydroxylation sites is 1. The van der Waals surface area contributed by atoms with E-state index in [9.17, 15) is 13.2 Å². The molecule has 0 amide bonds. The molecule has 0 aliphatic heterocycles. The molecule has 0 radical (unpaired) electrons. The van der Waals surface area contributed by atoms with E-state index in [2.05, 4.69) is 0 Å². The van der Waals surface area contributed by atoms with E-state index in [1.807, 2.05) is 19.1 Å². The molecule has 0 spiro atoms. The lowest BCUT2D eigenvalue weighted by molar-refractivity contribution is -0.104. The first-order valence-electron chi connectivity index (χ1n) is 7.08. The van der Waals surface area contributed by atoms with Gasteiger partial charge in [-0.1, -0.05) is 35.9 Å². The minimum atomic E-state index is -3.75. The van der Waals surface area contributed by atoms with Crippen LogP contribution in [0.4, 0.5) is 0 Å². The van der Waals surface area contributed by atoms with Crippen molar-refractivity contribution >= 4 is 33.3 Å². The highest BCUT2D eigenvalue weighted by Gasteiger charge is 2.21. The fraction of sp³-hybridized carbons (Fsp3) is 0.0556. The van der Waals surface area contributed by atoms with Crippen molar-refractivity contribution in [2.24, 2.45) is 0 Å². The van der Waals surface area contributed by atoms with Crippen molar-refractivity contribution < 1.29 is 13.2 Å². The molecule has 0 atom stereocenters. The summed E-state index contributed by atoms with van der Waals surface area (Å²) in [5, 5.41) is 0.800. The van der Waals surface area contributed by atoms with Crippen molar-refractivity contribution in [3.8, 4) is 0 Å². The number of hydrogen-bond donors (Lipinski definition) is 0. The Morgan fingerprint density at radius 3 is 2.39 bits per heavy atom. The van der Waals surface area contributed by atoms with Crippen molar-refractivity contribution in [2.45, 2.75) is 11.8 Å². The highest BCUT2D eigenvalue weighted by Crippen LogP contribution is 2.26. The summed E-state index contributed by atoms with van der Waals surface area (Å²) in [6.07, 6.45) is 3.41. The van der Waals surface area contributed by atoms with E-state index in [0.717, 1.165) is 10.9 Å². The Balaban J connectivity index is 2.30. The summed E-state index contributed by atoms with van der Waals surface area (Å²) in [6, 6.07) is 15.7. The molecular formula is C18H15NO3S. The van der Waals surface area contributed by atoms with Gasteiger partial charge in [0, 0.05) is 5.39 Å². The maximum Gasteiger partial charge on any atom is 0.268 e. The highest BCUT2D eigenvalue weighted by atomic mass is 32.2. The number of aromatic nitrogens is 1. The molecule has 2 aromatic carbocycles. The van der Waals surface area contributed by atoms with Crippen LogP contribution in [0.25, 0.3) is 17.0 Å². The van der Waals surface area contributed by atoms with Crippen LogP contribution >= 0.6 is 0 Å². The molecule has 0 unspecified atom stereocenters. The van der Waals surface area contributed by atoms with E-state index in [1.54, 1.807) is 42.5 Å². The van der Waals surface area contributed by atoms with Crippen LogP contribution in [0.15, 0.2) is 65.6 Å². The maximum absolute atomic E-state index is 13.0. The Bertz CT molecular complexity index is 996. The van der Waals surface area contributed by atoms with Crippen molar-refractivity contribution in [2.75, 3.05) is 0 Å². The number of nitrogens with zero attached hydrogens (tertiary/aromatic N) is 1. The van der Waals surface area contributed by atoms with Crippen molar-refractivity contribution in [3.63, 3.8) is 0 Å². The Labute approximate surface area is 134 Å². The van der Waals surface area contributed by atoms with Gasteiger partial charge in [0.2, 0.25) is 0 Å². The van der Waals surface area contributed by atoms with Crippen LogP contribution in [0, 0.1) is 6.92 Å². The van der Waals surface area contributed by atoms with Crippen LogP contribution in [0.1, 0.15) is 11.3 Å². The molecule has 1 heterocycles. The van der Waals surface area contributed by atoms with Crippen LogP contribution in [0.3, 0.4) is 0 Å². The quantitative estimate of drug-likeness (QED) is 0.546. The normalized spacial score (nSPS) is 12.0. The van der Waals surface area contributed by atoms with Crippen LogP contribution in [0.2, 0.25) is 0 Å². The number of aryl methyl sites for hydroxylation is 1. The molecule has 0 aliphatic carbocycles. The molecule has 0 fully saturated rings. The van der Waals surface area contributed by atoms with Gasteiger partial charge in [-0.05, 0) is 43.3 Å². The number of aldehydes is 1. The predicted molar refractivity (Wildman–Crippen MR) is 90.8 cm³/mol. The summed E-state index contributed by atoms with van der Waals surface area (Å²) in [5.74, 6) is 0. The first-order chi connectivity index (χ1) is 11.0. The van der Waals surface area contributed by atoms with Gasteiger partial charge in [0.25, 0.3) is 10.0 Å². The molecular weight excluding hydrogens is 310 g/mol. The Hall–Kier alpha value is -2.66. The summed E-state index contributed by atoms with van der Waals surface area (Å²) < 4.78 is 27.4. The molecule has 0 aliphatic rings. The molecule has 0 saturated carbocycles. The number of hydrogen-bond acceptors (Lipinski definition) is 3. The van der Waals surface area contributed by atoms with Gasteiger partial charge >= 0.3 is 0 Å². The predicted octanol–water partition coefficient (Wildman–Crippen LogP) is 3.40. The second-order valence-corrected chi connectivity index (χ2v) is 6.99. The summed E-state index contributed by atoms with van der Waals surface area (Å²) in [6.45, 7) is 1.90. The molecule has 23 heavy (non-hydrogen) atoms. The van der Waals surface area contributed by atoms with Gasteiger partial charge in [0.1, 0.15) is 6.29 Å². The van der Waals surface area contributed by atoms with Crippen LogP contribution in [-0.4, -0.2) is 18.7 Å². The smallest absolute Gasteiger partial charge is 0.268 e. The third kappa shape index (κ3) is 2.71. The standard InChI is InChI=1S/C18H15NO3S/c1-14-8-10-17(11-9-14)23(21,22)19-16(6-4-12-20)13-15-5-2-3-7-18(15)19/h2-13H,1H3/b6-4+. The molecule has 0 N–H and O–H groups in total. The highest BCUT2D eigenvalue weighted by molar-refractivity contribution is 7.90. The van der Waals surface area contributed by atoms with Crippen molar-refractivity contribution in [3.05, 3.63) is 71.9 Å². The molecule has 5 heteroatoms. The first kappa shape index (κ1) is 15.2. The zero-order valence-electron chi connectivity index (χ0n) is 12.5. The van der Waals surface area contributed by atoms with Crippen molar-refractivity contribution in [1.82, 2.24) is 3.97 Å². The van der Waals surface area contributed by atoms with E-state index in [1.165, 1.54) is 16.1 Å². The molecule has 1 aromatic heterocycles. The molecule has 3 aromatic rings. The van der Waals surface area contributed by atoms with E-state index >= 15 is 0 Å². The van der Waals surface area contributed by atoms with Gasteiger partial charge in [-0.3, -0.25) is 4.79 Å². The molecule has 0 bridgehead atoms. The largest absolute Gasteiger partial charge is 0.299 e. The number of benzene rings is 2.